The van der Waals surface area contributed by atoms with Gasteiger partial charge in [0.05, 0.1) is 42.3 Å². The molecule has 0 aliphatic rings. The molecule has 5 heteroatoms. The minimum absolute atomic E-state index is 0.361. The third-order valence-corrected chi connectivity index (χ3v) is 6.44. The van der Waals surface area contributed by atoms with Crippen LogP contribution >= 0.6 is 0 Å². The molecule has 35 heavy (non-hydrogen) atoms. The zero-order valence-corrected chi connectivity index (χ0v) is 25.0. The zero-order valence-electron chi connectivity index (χ0n) is 25.0. The van der Waals surface area contributed by atoms with Gasteiger partial charge in [0.1, 0.15) is 25.3 Å². The van der Waals surface area contributed by atoms with Crippen molar-refractivity contribution in [3.63, 3.8) is 0 Å². The standard InChI is InChI=1S/C30H65N3O2/c1-8-9-10-11-12-13-14-15-16-17-18-19-20-21-22-23-24-31(25-29(34)27-32(2,3)4)26-30(35)28-33(5,6)7/h15-16,29-30,34-35H,8-14,17-28H2,1-7H3/q+2/b16-15+/t29-,30+. The van der Waals surface area contributed by atoms with Crippen LogP contribution in [0.25, 0.3) is 0 Å². The number of likely N-dealkylation sites (N-methyl/N-ethyl adjacent to an activating group) is 2. The summed E-state index contributed by atoms with van der Waals surface area (Å²) in [6, 6.07) is 0. The molecule has 2 atom stereocenters. The van der Waals surface area contributed by atoms with Gasteiger partial charge in [-0.2, -0.15) is 0 Å². The van der Waals surface area contributed by atoms with Crippen molar-refractivity contribution in [1.82, 2.24) is 4.90 Å². The summed E-state index contributed by atoms with van der Waals surface area (Å²) in [5.74, 6) is 0. The number of allylic oxidation sites excluding steroid dienone is 2. The molecular weight excluding hydrogens is 434 g/mol. The predicted molar refractivity (Wildman–Crippen MR) is 154 cm³/mol. The molecule has 0 radical (unpaired) electrons. The first kappa shape index (κ1) is 34.5. The fourth-order valence-corrected chi connectivity index (χ4v) is 4.82. The zero-order chi connectivity index (χ0) is 26.6. The Morgan fingerprint density at radius 1 is 0.571 bits per heavy atom. The van der Waals surface area contributed by atoms with Crippen LogP contribution in [0.2, 0.25) is 0 Å². The third kappa shape index (κ3) is 26.4. The summed E-state index contributed by atoms with van der Waals surface area (Å²) < 4.78 is 1.51. The van der Waals surface area contributed by atoms with E-state index in [-0.39, 0.29) is 12.2 Å². The highest BCUT2D eigenvalue weighted by atomic mass is 16.3. The normalized spacial score (nSPS) is 14.8. The summed E-state index contributed by atoms with van der Waals surface area (Å²) in [5, 5.41) is 21.2. The van der Waals surface area contributed by atoms with Crippen molar-refractivity contribution >= 4 is 0 Å². The Morgan fingerprint density at radius 3 is 1.34 bits per heavy atom. The molecule has 210 valence electrons. The number of unbranched alkanes of at least 4 members (excludes halogenated alkanes) is 12. The second-order valence-electron chi connectivity index (χ2n) is 13.0. The van der Waals surface area contributed by atoms with Gasteiger partial charge < -0.3 is 19.2 Å². The lowest BCUT2D eigenvalue weighted by Crippen LogP contribution is -2.49. The number of hydrogen-bond acceptors (Lipinski definition) is 3. The number of hydrogen-bond donors (Lipinski definition) is 2. The molecule has 0 spiro atoms. The monoisotopic (exact) mass is 500 g/mol. The number of rotatable bonds is 24. The summed E-state index contributed by atoms with van der Waals surface area (Å²) >= 11 is 0. The van der Waals surface area contributed by atoms with Gasteiger partial charge in [0, 0.05) is 13.1 Å². The van der Waals surface area contributed by atoms with E-state index in [4.69, 9.17) is 0 Å². The first-order chi connectivity index (χ1) is 16.4. The van der Waals surface area contributed by atoms with Gasteiger partial charge in [-0.3, -0.25) is 4.90 Å². The van der Waals surface area contributed by atoms with Crippen molar-refractivity contribution in [3.8, 4) is 0 Å². The van der Waals surface area contributed by atoms with Crippen molar-refractivity contribution in [1.29, 1.82) is 0 Å². The molecule has 0 amide bonds. The van der Waals surface area contributed by atoms with Crippen LogP contribution in [0, 0.1) is 0 Å². The lowest BCUT2D eigenvalue weighted by Gasteiger charge is -2.33. The Kier molecular flexibility index (Phi) is 20.3. The Balaban J connectivity index is 4.01. The van der Waals surface area contributed by atoms with Crippen LogP contribution in [0.3, 0.4) is 0 Å². The Labute approximate surface area is 220 Å². The van der Waals surface area contributed by atoms with Gasteiger partial charge in [-0.15, -0.1) is 0 Å². The van der Waals surface area contributed by atoms with E-state index in [0.717, 1.165) is 35.0 Å². The smallest absolute Gasteiger partial charge is 0.115 e. The van der Waals surface area contributed by atoms with E-state index in [1.807, 2.05) is 0 Å². The molecule has 0 aromatic rings. The number of aliphatic hydroxyl groups excluding tert-OH is 2. The molecule has 0 aliphatic heterocycles. The average molecular weight is 500 g/mol. The summed E-state index contributed by atoms with van der Waals surface area (Å²) in [4.78, 5) is 2.29. The number of aliphatic hydroxyl groups is 2. The molecule has 0 fully saturated rings. The largest absolute Gasteiger partial charge is 0.386 e. The minimum Gasteiger partial charge on any atom is -0.386 e. The van der Waals surface area contributed by atoms with E-state index in [0.29, 0.717) is 13.1 Å². The maximum Gasteiger partial charge on any atom is 0.115 e. The van der Waals surface area contributed by atoms with Crippen molar-refractivity contribution in [2.45, 2.75) is 109 Å². The highest BCUT2D eigenvalue weighted by Gasteiger charge is 2.22. The topological polar surface area (TPSA) is 43.7 Å². The molecular formula is C30H65N3O2+2. The molecule has 0 heterocycles. The van der Waals surface area contributed by atoms with Crippen LogP contribution in [0.4, 0.5) is 0 Å². The molecule has 0 aromatic carbocycles. The maximum atomic E-state index is 10.6. The van der Waals surface area contributed by atoms with Gasteiger partial charge in [0.25, 0.3) is 0 Å². The second-order valence-corrected chi connectivity index (χ2v) is 13.0. The molecule has 0 saturated carbocycles. The van der Waals surface area contributed by atoms with E-state index >= 15 is 0 Å². The van der Waals surface area contributed by atoms with Crippen LogP contribution in [-0.4, -0.2) is 111 Å². The Bertz CT molecular complexity index is 473. The van der Waals surface area contributed by atoms with E-state index in [1.165, 1.54) is 83.5 Å². The minimum atomic E-state index is -0.361. The van der Waals surface area contributed by atoms with Crippen LogP contribution < -0.4 is 0 Å². The van der Waals surface area contributed by atoms with Gasteiger partial charge in [-0.1, -0.05) is 76.9 Å². The summed E-state index contributed by atoms with van der Waals surface area (Å²) in [6.45, 7) is 6.00. The van der Waals surface area contributed by atoms with Gasteiger partial charge in [-0.25, -0.2) is 0 Å². The third-order valence-electron chi connectivity index (χ3n) is 6.44. The van der Waals surface area contributed by atoms with E-state index in [1.54, 1.807) is 0 Å². The molecule has 0 aliphatic carbocycles. The quantitative estimate of drug-likeness (QED) is 0.105. The van der Waals surface area contributed by atoms with Crippen molar-refractivity contribution in [2.75, 3.05) is 75.0 Å². The summed E-state index contributed by atoms with van der Waals surface area (Å²) in [5.41, 5.74) is 0. The average Bonchev–Trinajstić information content (AvgIpc) is 2.70. The lowest BCUT2D eigenvalue weighted by molar-refractivity contribution is -0.873. The van der Waals surface area contributed by atoms with Crippen LogP contribution in [0.15, 0.2) is 12.2 Å². The van der Waals surface area contributed by atoms with Crippen molar-refractivity contribution in [3.05, 3.63) is 12.2 Å². The lowest BCUT2D eigenvalue weighted by atomic mass is 10.1. The molecule has 0 bridgehead atoms. The molecule has 5 nitrogen and oxygen atoms in total. The van der Waals surface area contributed by atoms with Crippen LogP contribution in [-0.2, 0) is 0 Å². The highest BCUT2D eigenvalue weighted by molar-refractivity contribution is 4.81. The second kappa shape index (κ2) is 20.6. The van der Waals surface area contributed by atoms with Gasteiger partial charge >= 0.3 is 0 Å². The Hall–Kier alpha value is -0.460. The van der Waals surface area contributed by atoms with E-state index < -0.39 is 0 Å². The first-order valence-electron chi connectivity index (χ1n) is 14.8. The number of quaternary nitrogens is 2. The van der Waals surface area contributed by atoms with E-state index in [9.17, 15) is 10.2 Å². The fourth-order valence-electron chi connectivity index (χ4n) is 4.82. The van der Waals surface area contributed by atoms with E-state index in [2.05, 4.69) is 66.3 Å². The molecule has 0 rings (SSSR count). The fraction of sp³-hybridized carbons (Fsp3) is 0.933. The van der Waals surface area contributed by atoms with Crippen LogP contribution in [0.1, 0.15) is 96.8 Å². The summed E-state index contributed by atoms with van der Waals surface area (Å²) in [6.07, 6.45) is 22.5. The molecule has 0 saturated heterocycles. The summed E-state index contributed by atoms with van der Waals surface area (Å²) in [7, 11) is 12.7. The van der Waals surface area contributed by atoms with Crippen molar-refractivity contribution in [2.24, 2.45) is 0 Å². The molecule has 0 unspecified atom stereocenters. The molecule has 2 N–H and O–H groups in total. The van der Waals surface area contributed by atoms with Crippen molar-refractivity contribution < 1.29 is 19.2 Å². The van der Waals surface area contributed by atoms with Crippen LogP contribution in [0.5, 0.6) is 0 Å². The Morgan fingerprint density at radius 2 is 0.943 bits per heavy atom. The van der Waals surface area contributed by atoms with Gasteiger partial charge in [-0.05, 0) is 38.6 Å². The molecule has 0 aromatic heterocycles. The SMILES string of the molecule is CCCCCCCC/C=C/CCCCCCCCN(C[C@@H](O)C[N+](C)(C)C)C[C@H](O)C[N+](C)(C)C. The first-order valence-corrected chi connectivity index (χ1v) is 14.8. The van der Waals surface area contributed by atoms with Gasteiger partial charge in [0.15, 0.2) is 0 Å². The number of nitrogens with zero attached hydrogens (tertiary/aromatic N) is 3. The highest BCUT2D eigenvalue weighted by Crippen LogP contribution is 2.11. The van der Waals surface area contributed by atoms with Gasteiger partial charge in [0.2, 0.25) is 0 Å². The maximum absolute atomic E-state index is 10.6. The predicted octanol–water partition coefficient (Wildman–Crippen LogP) is 5.46.